The Kier molecular flexibility index (Phi) is 2.45. The van der Waals surface area contributed by atoms with Gasteiger partial charge in [0.15, 0.2) is 0 Å². The van der Waals surface area contributed by atoms with Crippen LogP contribution in [0.3, 0.4) is 0 Å². The molecule has 1 aromatic carbocycles. The van der Waals surface area contributed by atoms with E-state index in [0.29, 0.717) is 16.5 Å². The molecule has 0 fully saturated rings. The number of ketones is 1. The van der Waals surface area contributed by atoms with E-state index in [9.17, 15) is 9.59 Å². The Morgan fingerprint density at radius 1 is 1.33 bits per heavy atom. The number of aromatic nitrogens is 1. The van der Waals surface area contributed by atoms with E-state index >= 15 is 0 Å². The predicted molar refractivity (Wildman–Crippen MR) is 64.8 cm³/mol. The van der Waals surface area contributed by atoms with Gasteiger partial charge in [0.25, 0.3) is 16.9 Å². The normalized spacial score (nSPS) is 14.2. The summed E-state index contributed by atoms with van der Waals surface area (Å²) in [5.74, 6) is -0.955. The molecule has 6 heteroatoms. The lowest BCUT2D eigenvalue weighted by molar-refractivity contribution is -0.114. The van der Waals surface area contributed by atoms with E-state index in [1.165, 1.54) is 22.9 Å². The van der Waals surface area contributed by atoms with Gasteiger partial charge in [0.1, 0.15) is 6.26 Å². The number of carbonyl (C=O) groups is 2. The van der Waals surface area contributed by atoms with Crippen LogP contribution in [0.2, 0.25) is 0 Å². The summed E-state index contributed by atoms with van der Waals surface area (Å²) >= 11 is 1.34. The van der Waals surface area contributed by atoms with Crippen molar-refractivity contribution in [1.82, 2.24) is 4.98 Å². The second kappa shape index (κ2) is 3.99. The van der Waals surface area contributed by atoms with Gasteiger partial charge in [0, 0.05) is 11.9 Å². The topological polar surface area (TPSA) is 63.4 Å². The van der Waals surface area contributed by atoms with Crippen LogP contribution in [-0.2, 0) is 4.79 Å². The zero-order valence-corrected chi connectivity index (χ0v) is 10.2. The number of hydrogen-bond donors (Lipinski definition) is 0. The molecule has 2 heterocycles. The van der Waals surface area contributed by atoms with E-state index in [1.807, 2.05) is 0 Å². The van der Waals surface area contributed by atoms with Gasteiger partial charge in [-0.1, -0.05) is 0 Å². The molecule has 0 radical (unpaired) electrons. The second-order valence-electron chi connectivity index (χ2n) is 3.77. The van der Waals surface area contributed by atoms with Crippen molar-refractivity contribution in [2.75, 3.05) is 11.9 Å². The van der Waals surface area contributed by atoms with Crippen LogP contribution in [0.5, 0.6) is 0 Å². The molecule has 1 aliphatic heterocycles. The van der Waals surface area contributed by atoms with E-state index in [-0.39, 0.29) is 0 Å². The summed E-state index contributed by atoms with van der Waals surface area (Å²) in [6.07, 6.45) is 3.06. The highest BCUT2D eigenvalue weighted by atomic mass is 32.2. The number of likely N-dealkylation sites (N-methyl/N-ethyl adjacent to an activating group) is 1. The van der Waals surface area contributed by atoms with Gasteiger partial charge < -0.3 is 9.32 Å². The van der Waals surface area contributed by atoms with Crippen molar-refractivity contribution >= 4 is 29.1 Å². The largest absolute Gasteiger partial charge is 0.440 e. The fraction of sp³-hybridized carbons (Fsp3) is 0.0833. The summed E-state index contributed by atoms with van der Waals surface area (Å²) < 4.78 is 5.13. The lowest BCUT2D eigenvalue weighted by atomic mass is 10.1. The minimum absolute atomic E-state index is 0.444. The first-order valence-corrected chi connectivity index (χ1v) is 6.02. The van der Waals surface area contributed by atoms with E-state index in [0.717, 1.165) is 4.90 Å². The molecule has 5 nitrogen and oxygen atoms in total. The Morgan fingerprint density at radius 3 is 2.89 bits per heavy atom. The molecule has 18 heavy (non-hydrogen) atoms. The van der Waals surface area contributed by atoms with Gasteiger partial charge in [-0.3, -0.25) is 9.59 Å². The van der Waals surface area contributed by atoms with Crippen LogP contribution < -0.4 is 4.90 Å². The average Bonchev–Trinajstić information content (AvgIpc) is 2.95. The maximum atomic E-state index is 11.6. The summed E-state index contributed by atoms with van der Waals surface area (Å²) in [4.78, 5) is 29.4. The Bertz CT molecular complexity index is 637. The maximum absolute atomic E-state index is 11.6. The van der Waals surface area contributed by atoms with E-state index in [1.54, 1.807) is 31.4 Å². The van der Waals surface area contributed by atoms with Crippen molar-refractivity contribution in [3.63, 3.8) is 0 Å². The van der Waals surface area contributed by atoms with Gasteiger partial charge in [-0.15, -0.1) is 0 Å². The molecule has 0 unspecified atom stereocenters. The summed E-state index contributed by atoms with van der Waals surface area (Å²) in [6.45, 7) is 0. The minimum Gasteiger partial charge on any atom is -0.440 e. The fourth-order valence-corrected chi connectivity index (χ4v) is 2.51. The number of benzene rings is 1. The Morgan fingerprint density at radius 2 is 2.17 bits per heavy atom. The van der Waals surface area contributed by atoms with Gasteiger partial charge >= 0.3 is 0 Å². The molecule has 2 aromatic rings. The van der Waals surface area contributed by atoms with Crippen LogP contribution in [0, 0.1) is 0 Å². The maximum Gasteiger partial charge on any atom is 0.299 e. The molecule has 0 N–H and O–H groups in total. The molecule has 0 spiro atoms. The number of fused-ring (bicyclic) bond motifs is 1. The average molecular weight is 260 g/mol. The van der Waals surface area contributed by atoms with Crippen molar-refractivity contribution in [1.29, 1.82) is 0 Å². The zero-order valence-electron chi connectivity index (χ0n) is 9.41. The van der Waals surface area contributed by atoms with Gasteiger partial charge in [-0.25, -0.2) is 4.98 Å². The first-order valence-electron chi connectivity index (χ1n) is 5.20. The molecule has 0 bridgehead atoms. The number of nitrogens with zero attached hydrogens (tertiary/aromatic N) is 2. The molecule has 0 saturated heterocycles. The molecule has 0 atom stereocenters. The van der Waals surface area contributed by atoms with Crippen molar-refractivity contribution < 1.29 is 14.0 Å². The highest BCUT2D eigenvalue weighted by Crippen LogP contribution is 2.34. The Labute approximate surface area is 107 Å². The summed E-state index contributed by atoms with van der Waals surface area (Å²) in [5, 5.41) is 0.522. The third kappa shape index (κ3) is 1.62. The summed E-state index contributed by atoms with van der Waals surface area (Å²) in [6, 6.07) is 5.22. The predicted octanol–water partition coefficient (Wildman–Crippen LogP) is 1.98. The van der Waals surface area contributed by atoms with Crippen LogP contribution in [0.15, 0.2) is 45.2 Å². The molecule has 0 aliphatic carbocycles. The quantitative estimate of drug-likeness (QED) is 0.773. The molecule has 0 saturated carbocycles. The molecule has 1 aliphatic rings. The van der Waals surface area contributed by atoms with Crippen LogP contribution in [-0.4, -0.2) is 23.7 Å². The van der Waals surface area contributed by atoms with Gasteiger partial charge in [-0.05, 0) is 30.0 Å². The molecule has 3 rings (SSSR count). The van der Waals surface area contributed by atoms with Crippen molar-refractivity contribution in [2.45, 2.75) is 10.1 Å². The number of rotatable bonds is 2. The minimum atomic E-state index is -0.497. The van der Waals surface area contributed by atoms with Gasteiger partial charge in [-0.2, -0.15) is 0 Å². The third-order valence-electron chi connectivity index (χ3n) is 2.69. The van der Waals surface area contributed by atoms with Crippen LogP contribution in [0.4, 0.5) is 5.69 Å². The smallest absolute Gasteiger partial charge is 0.299 e. The standard InChI is InChI=1S/C12H8N2O3S/c1-14-9-6-7(18-12-13-4-5-17-12)2-3-8(9)10(15)11(14)16/h2-6H,1H3. The van der Waals surface area contributed by atoms with Crippen LogP contribution >= 0.6 is 11.8 Å². The van der Waals surface area contributed by atoms with E-state index < -0.39 is 11.7 Å². The number of amides is 1. The lowest BCUT2D eigenvalue weighted by Crippen LogP contribution is -2.24. The monoisotopic (exact) mass is 260 g/mol. The third-order valence-corrected chi connectivity index (χ3v) is 3.55. The zero-order chi connectivity index (χ0) is 12.7. The number of Topliss-reactive ketones (excluding diaryl/α,β-unsaturated/α-hetero) is 1. The second-order valence-corrected chi connectivity index (χ2v) is 4.80. The van der Waals surface area contributed by atoms with E-state index in [2.05, 4.69) is 4.98 Å². The summed E-state index contributed by atoms with van der Waals surface area (Å²) in [5.41, 5.74) is 1.07. The van der Waals surface area contributed by atoms with Gasteiger partial charge in [0.05, 0.1) is 17.4 Å². The number of carbonyl (C=O) groups excluding carboxylic acids is 2. The van der Waals surface area contributed by atoms with Crippen LogP contribution in [0.1, 0.15) is 10.4 Å². The highest BCUT2D eigenvalue weighted by molar-refractivity contribution is 7.99. The first-order chi connectivity index (χ1) is 8.66. The molecule has 1 amide bonds. The molecule has 1 aromatic heterocycles. The highest BCUT2D eigenvalue weighted by Gasteiger charge is 2.33. The van der Waals surface area contributed by atoms with Crippen molar-refractivity contribution in [3.8, 4) is 0 Å². The van der Waals surface area contributed by atoms with Crippen LogP contribution in [0.25, 0.3) is 0 Å². The lowest BCUT2D eigenvalue weighted by Gasteiger charge is -2.09. The van der Waals surface area contributed by atoms with E-state index in [4.69, 9.17) is 4.42 Å². The summed E-state index contributed by atoms with van der Waals surface area (Å²) in [7, 11) is 1.59. The molecular weight excluding hydrogens is 252 g/mol. The Hall–Kier alpha value is -2.08. The number of anilines is 1. The fourth-order valence-electron chi connectivity index (χ4n) is 1.78. The molecule has 90 valence electrons. The SMILES string of the molecule is CN1C(=O)C(=O)c2ccc(Sc3ncco3)cc21. The van der Waals surface area contributed by atoms with Gasteiger partial charge in [0.2, 0.25) is 0 Å². The number of oxazole rings is 1. The van der Waals surface area contributed by atoms with Crippen molar-refractivity contribution in [3.05, 3.63) is 36.2 Å². The van der Waals surface area contributed by atoms with Crippen molar-refractivity contribution in [2.24, 2.45) is 0 Å². The molecular formula is C12H8N2O3S. The Balaban J connectivity index is 1.97. The first kappa shape index (κ1) is 11.0. The number of hydrogen-bond acceptors (Lipinski definition) is 5.